The lowest BCUT2D eigenvalue weighted by molar-refractivity contribution is 0.0788. The zero-order chi connectivity index (χ0) is 10.6. The van der Waals surface area contributed by atoms with Crippen LogP contribution >= 0.6 is 0 Å². The maximum atomic E-state index is 9.32. The summed E-state index contributed by atoms with van der Waals surface area (Å²) in [6, 6.07) is 2.31. The van der Waals surface area contributed by atoms with Gasteiger partial charge in [0, 0.05) is 13.1 Å². The molecule has 1 saturated heterocycles. The highest BCUT2D eigenvalue weighted by molar-refractivity contribution is 4.92. The van der Waals surface area contributed by atoms with Crippen LogP contribution in [0.15, 0.2) is 0 Å². The van der Waals surface area contributed by atoms with E-state index >= 15 is 0 Å². The molecule has 0 bridgehead atoms. The van der Waals surface area contributed by atoms with Gasteiger partial charge in [-0.3, -0.25) is 0 Å². The van der Waals surface area contributed by atoms with Gasteiger partial charge in [-0.25, -0.2) is 0 Å². The van der Waals surface area contributed by atoms with E-state index in [9.17, 15) is 5.11 Å². The standard InChI is InChI=1S/C11H20N2O/c1-11(2,9-12)5-8-13-6-3-10(14)4-7-13/h10,14H,3-8H2,1-2H3. The number of aliphatic hydroxyl groups excluding tert-OH is 1. The Kier molecular flexibility index (Phi) is 3.91. The summed E-state index contributed by atoms with van der Waals surface area (Å²) in [4.78, 5) is 2.34. The average Bonchev–Trinajstić information content (AvgIpc) is 2.17. The number of hydrogen-bond acceptors (Lipinski definition) is 3. The van der Waals surface area contributed by atoms with Crippen molar-refractivity contribution in [1.29, 1.82) is 5.26 Å². The molecule has 3 nitrogen and oxygen atoms in total. The highest BCUT2D eigenvalue weighted by Gasteiger charge is 2.21. The molecule has 0 atom stereocenters. The maximum Gasteiger partial charge on any atom is 0.0684 e. The SMILES string of the molecule is CC(C)(C#N)CCN1CCC(O)CC1. The van der Waals surface area contributed by atoms with Gasteiger partial charge in [-0.2, -0.15) is 5.26 Å². The maximum absolute atomic E-state index is 9.32. The van der Waals surface area contributed by atoms with Crippen molar-refractivity contribution in [2.45, 2.75) is 39.2 Å². The normalized spacial score (nSPS) is 20.7. The van der Waals surface area contributed by atoms with Gasteiger partial charge in [-0.1, -0.05) is 0 Å². The van der Waals surface area contributed by atoms with Crippen LogP contribution < -0.4 is 0 Å². The molecule has 0 aliphatic carbocycles. The van der Waals surface area contributed by atoms with Gasteiger partial charge in [0.15, 0.2) is 0 Å². The largest absolute Gasteiger partial charge is 0.393 e. The van der Waals surface area contributed by atoms with Crippen LogP contribution in [0.4, 0.5) is 0 Å². The van der Waals surface area contributed by atoms with Crippen LogP contribution in [0.2, 0.25) is 0 Å². The van der Waals surface area contributed by atoms with Gasteiger partial charge in [0.05, 0.1) is 17.6 Å². The van der Waals surface area contributed by atoms with Crippen LogP contribution in [0.5, 0.6) is 0 Å². The molecule has 0 aromatic carbocycles. The molecule has 0 radical (unpaired) electrons. The molecule has 0 unspecified atom stereocenters. The monoisotopic (exact) mass is 196 g/mol. The summed E-state index contributed by atoms with van der Waals surface area (Å²) in [7, 11) is 0. The molecule has 1 aliphatic heterocycles. The fraction of sp³-hybridized carbons (Fsp3) is 0.909. The van der Waals surface area contributed by atoms with Crippen LogP contribution in [0.1, 0.15) is 33.1 Å². The highest BCUT2D eigenvalue weighted by atomic mass is 16.3. The molecule has 1 heterocycles. The summed E-state index contributed by atoms with van der Waals surface area (Å²) in [6.45, 7) is 6.89. The first-order chi connectivity index (χ1) is 6.53. The number of hydrogen-bond donors (Lipinski definition) is 1. The molecule has 0 aromatic rings. The summed E-state index contributed by atoms with van der Waals surface area (Å²) in [6.07, 6.45) is 2.58. The Hall–Kier alpha value is -0.590. The molecule has 0 aromatic heterocycles. The van der Waals surface area contributed by atoms with Crippen LogP contribution in [0, 0.1) is 16.7 Å². The third kappa shape index (κ3) is 3.65. The second kappa shape index (κ2) is 4.77. The summed E-state index contributed by atoms with van der Waals surface area (Å²) < 4.78 is 0. The lowest BCUT2D eigenvalue weighted by Gasteiger charge is -2.30. The Labute approximate surface area is 86.3 Å². The Morgan fingerprint density at radius 2 is 2.00 bits per heavy atom. The Morgan fingerprint density at radius 3 is 2.50 bits per heavy atom. The molecule has 1 fully saturated rings. The van der Waals surface area contributed by atoms with Gasteiger partial charge in [0.1, 0.15) is 0 Å². The molecule has 0 spiro atoms. The number of nitriles is 1. The van der Waals surface area contributed by atoms with Crippen molar-refractivity contribution in [2.75, 3.05) is 19.6 Å². The van der Waals surface area contributed by atoms with E-state index < -0.39 is 0 Å². The summed E-state index contributed by atoms with van der Waals surface area (Å²) >= 11 is 0. The number of likely N-dealkylation sites (tertiary alicyclic amines) is 1. The van der Waals surface area contributed by atoms with Gasteiger partial charge < -0.3 is 10.0 Å². The number of aliphatic hydroxyl groups is 1. The first-order valence-corrected chi connectivity index (χ1v) is 5.35. The van der Waals surface area contributed by atoms with Crippen molar-refractivity contribution >= 4 is 0 Å². The van der Waals surface area contributed by atoms with E-state index in [4.69, 9.17) is 5.26 Å². The van der Waals surface area contributed by atoms with Gasteiger partial charge in [-0.05, 0) is 39.7 Å². The van der Waals surface area contributed by atoms with E-state index in [1.165, 1.54) is 0 Å². The van der Waals surface area contributed by atoms with E-state index in [0.717, 1.165) is 38.9 Å². The first-order valence-electron chi connectivity index (χ1n) is 5.35. The lowest BCUT2D eigenvalue weighted by atomic mass is 9.91. The van der Waals surface area contributed by atoms with E-state index in [2.05, 4.69) is 11.0 Å². The van der Waals surface area contributed by atoms with Gasteiger partial charge >= 0.3 is 0 Å². The molecule has 1 N–H and O–H groups in total. The van der Waals surface area contributed by atoms with Crippen molar-refractivity contribution in [3.63, 3.8) is 0 Å². The van der Waals surface area contributed by atoms with E-state index in [1.807, 2.05) is 13.8 Å². The fourth-order valence-corrected chi connectivity index (χ4v) is 1.64. The Morgan fingerprint density at radius 1 is 1.43 bits per heavy atom. The molecular weight excluding hydrogens is 176 g/mol. The summed E-state index contributed by atoms with van der Waals surface area (Å²) in [5.74, 6) is 0. The second-order valence-electron chi connectivity index (χ2n) is 4.82. The zero-order valence-corrected chi connectivity index (χ0v) is 9.16. The molecular formula is C11H20N2O. The number of rotatable bonds is 3. The minimum atomic E-state index is -0.212. The Bertz CT molecular complexity index is 212. The molecule has 3 heteroatoms. The molecule has 0 saturated carbocycles. The second-order valence-corrected chi connectivity index (χ2v) is 4.82. The van der Waals surface area contributed by atoms with Crippen LogP contribution in [0.3, 0.4) is 0 Å². The van der Waals surface area contributed by atoms with E-state index in [1.54, 1.807) is 0 Å². The predicted octanol–water partition coefficient (Wildman–Crippen LogP) is 1.38. The average molecular weight is 196 g/mol. The lowest BCUT2D eigenvalue weighted by Crippen LogP contribution is -2.37. The van der Waals surface area contributed by atoms with Crippen molar-refractivity contribution in [2.24, 2.45) is 5.41 Å². The van der Waals surface area contributed by atoms with Crippen molar-refractivity contribution in [3.05, 3.63) is 0 Å². The topological polar surface area (TPSA) is 47.3 Å². The molecule has 1 rings (SSSR count). The van der Waals surface area contributed by atoms with Crippen LogP contribution in [0.25, 0.3) is 0 Å². The minimum absolute atomic E-state index is 0.102. The minimum Gasteiger partial charge on any atom is -0.393 e. The zero-order valence-electron chi connectivity index (χ0n) is 9.16. The fourth-order valence-electron chi connectivity index (χ4n) is 1.64. The summed E-state index contributed by atoms with van der Waals surface area (Å²) in [5.41, 5.74) is -0.212. The molecule has 1 aliphatic rings. The molecule has 14 heavy (non-hydrogen) atoms. The quantitative estimate of drug-likeness (QED) is 0.742. The van der Waals surface area contributed by atoms with Crippen LogP contribution in [-0.4, -0.2) is 35.7 Å². The van der Waals surface area contributed by atoms with Crippen molar-refractivity contribution in [1.82, 2.24) is 4.90 Å². The third-order valence-electron chi connectivity index (χ3n) is 2.91. The number of piperidine rings is 1. The molecule has 80 valence electrons. The summed E-state index contributed by atoms with van der Waals surface area (Å²) in [5, 5.41) is 18.2. The highest BCUT2D eigenvalue weighted by Crippen LogP contribution is 2.20. The number of nitrogens with zero attached hydrogens (tertiary/aromatic N) is 2. The van der Waals surface area contributed by atoms with Gasteiger partial charge in [-0.15, -0.1) is 0 Å². The predicted molar refractivity (Wildman–Crippen MR) is 55.7 cm³/mol. The van der Waals surface area contributed by atoms with Gasteiger partial charge in [0.25, 0.3) is 0 Å². The molecule has 0 amide bonds. The smallest absolute Gasteiger partial charge is 0.0684 e. The van der Waals surface area contributed by atoms with E-state index in [0.29, 0.717) is 0 Å². The first kappa shape index (κ1) is 11.5. The van der Waals surface area contributed by atoms with Crippen molar-refractivity contribution in [3.8, 4) is 6.07 Å². The van der Waals surface area contributed by atoms with Gasteiger partial charge in [0.2, 0.25) is 0 Å². The van der Waals surface area contributed by atoms with Crippen molar-refractivity contribution < 1.29 is 5.11 Å². The van der Waals surface area contributed by atoms with E-state index in [-0.39, 0.29) is 11.5 Å². The Balaban J connectivity index is 2.23. The van der Waals surface area contributed by atoms with Crippen LogP contribution in [-0.2, 0) is 0 Å². The third-order valence-corrected chi connectivity index (χ3v) is 2.91.